The van der Waals surface area contributed by atoms with Crippen LogP contribution in [0, 0.1) is 13.8 Å². The number of morpholine rings is 1. The van der Waals surface area contributed by atoms with Gasteiger partial charge in [0.2, 0.25) is 5.91 Å². The molecule has 1 aliphatic heterocycles. The van der Waals surface area contributed by atoms with Crippen molar-refractivity contribution >= 4 is 44.4 Å². The van der Waals surface area contributed by atoms with Crippen LogP contribution in [-0.4, -0.2) is 47.0 Å². The number of ether oxygens (including phenoxy) is 1. The second-order valence-corrected chi connectivity index (χ2v) is 7.82. The van der Waals surface area contributed by atoms with Crippen LogP contribution in [0.1, 0.15) is 17.0 Å². The highest BCUT2D eigenvalue weighted by atomic mass is 32.1. The van der Waals surface area contributed by atoms with Gasteiger partial charge in [-0.05, 0) is 38.1 Å². The summed E-state index contributed by atoms with van der Waals surface area (Å²) in [5, 5.41) is 8.30. The fourth-order valence-electron chi connectivity index (χ4n) is 3.25. The topological polar surface area (TPSA) is 72.3 Å². The Kier molecular flexibility index (Phi) is 5.15. The number of thiazole rings is 1. The standard InChI is InChI=1S/C20H23N5O2S/c1-13-16(14(2)24(3)23-13)5-7-19(26)21-15-4-6-17-18(12-15)28-20(22-17)25-8-10-27-11-9-25/h4-7,12H,8-11H2,1-3H3,(H,21,26)/b7-5+. The van der Waals surface area contributed by atoms with Crippen LogP contribution in [0.4, 0.5) is 10.8 Å². The highest BCUT2D eigenvalue weighted by Gasteiger charge is 2.15. The van der Waals surface area contributed by atoms with Crippen LogP contribution in [0.25, 0.3) is 16.3 Å². The van der Waals surface area contributed by atoms with Crippen LogP contribution < -0.4 is 10.2 Å². The molecular weight excluding hydrogens is 374 g/mol. The third kappa shape index (κ3) is 3.79. The Morgan fingerprint density at radius 1 is 1.29 bits per heavy atom. The molecule has 28 heavy (non-hydrogen) atoms. The summed E-state index contributed by atoms with van der Waals surface area (Å²) in [6.07, 6.45) is 3.36. The van der Waals surface area contributed by atoms with Crippen molar-refractivity contribution in [3.8, 4) is 0 Å². The summed E-state index contributed by atoms with van der Waals surface area (Å²) in [7, 11) is 1.90. The predicted octanol–water partition coefficient (Wildman–Crippen LogP) is 3.14. The zero-order chi connectivity index (χ0) is 19.7. The number of fused-ring (bicyclic) bond motifs is 1. The highest BCUT2D eigenvalue weighted by molar-refractivity contribution is 7.22. The second kappa shape index (κ2) is 7.73. The first kappa shape index (κ1) is 18.6. The van der Waals surface area contributed by atoms with E-state index in [1.807, 2.05) is 49.9 Å². The van der Waals surface area contributed by atoms with E-state index in [9.17, 15) is 4.79 Å². The lowest BCUT2D eigenvalue weighted by Gasteiger charge is -2.25. The fourth-order valence-corrected chi connectivity index (χ4v) is 4.31. The van der Waals surface area contributed by atoms with Crippen molar-refractivity contribution in [2.45, 2.75) is 13.8 Å². The van der Waals surface area contributed by atoms with Gasteiger partial charge in [-0.3, -0.25) is 9.48 Å². The van der Waals surface area contributed by atoms with Crippen LogP contribution in [0.15, 0.2) is 24.3 Å². The molecule has 8 heteroatoms. The van der Waals surface area contributed by atoms with Crippen molar-refractivity contribution in [1.82, 2.24) is 14.8 Å². The van der Waals surface area contributed by atoms with E-state index in [-0.39, 0.29) is 5.91 Å². The molecule has 0 unspecified atom stereocenters. The van der Waals surface area contributed by atoms with Gasteiger partial charge in [-0.1, -0.05) is 11.3 Å². The Balaban J connectivity index is 1.48. The summed E-state index contributed by atoms with van der Waals surface area (Å²) in [5.74, 6) is -0.167. The van der Waals surface area contributed by atoms with Crippen molar-refractivity contribution in [2.75, 3.05) is 36.5 Å². The fraction of sp³-hybridized carbons (Fsp3) is 0.350. The van der Waals surface area contributed by atoms with E-state index in [0.717, 1.165) is 64.3 Å². The molecule has 3 heterocycles. The van der Waals surface area contributed by atoms with E-state index < -0.39 is 0 Å². The number of nitrogens with zero attached hydrogens (tertiary/aromatic N) is 4. The van der Waals surface area contributed by atoms with E-state index in [1.54, 1.807) is 17.4 Å². The maximum atomic E-state index is 12.3. The molecular formula is C20H23N5O2S. The van der Waals surface area contributed by atoms with E-state index in [1.165, 1.54) is 0 Å². The summed E-state index contributed by atoms with van der Waals surface area (Å²) in [6, 6.07) is 5.81. The number of carbonyl (C=O) groups excluding carboxylic acids is 1. The lowest BCUT2D eigenvalue weighted by molar-refractivity contribution is -0.111. The Morgan fingerprint density at radius 2 is 2.07 bits per heavy atom. The zero-order valence-corrected chi connectivity index (χ0v) is 17.0. The molecule has 0 bridgehead atoms. The number of aryl methyl sites for hydroxylation is 2. The molecule has 2 aromatic heterocycles. The third-order valence-corrected chi connectivity index (χ3v) is 5.97. The average molecular weight is 398 g/mol. The first-order valence-electron chi connectivity index (χ1n) is 9.24. The number of carbonyl (C=O) groups is 1. The number of anilines is 2. The average Bonchev–Trinajstić information content (AvgIpc) is 3.21. The van der Waals surface area contributed by atoms with Crippen LogP contribution in [0.3, 0.4) is 0 Å². The summed E-state index contributed by atoms with van der Waals surface area (Å²) in [6.45, 7) is 7.12. The van der Waals surface area contributed by atoms with Crippen molar-refractivity contribution in [2.24, 2.45) is 7.05 Å². The molecule has 1 amide bonds. The maximum absolute atomic E-state index is 12.3. The van der Waals surface area contributed by atoms with E-state index >= 15 is 0 Å². The van der Waals surface area contributed by atoms with Gasteiger partial charge in [0.1, 0.15) is 0 Å². The summed E-state index contributed by atoms with van der Waals surface area (Å²) < 4.78 is 8.28. The molecule has 0 aliphatic carbocycles. The number of benzene rings is 1. The Labute approximate surface area is 167 Å². The highest BCUT2D eigenvalue weighted by Crippen LogP contribution is 2.31. The number of nitrogens with one attached hydrogen (secondary N) is 1. The Bertz CT molecular complexity index is 1050. The van der Waals surface area contributed by atoms with Crippen molar-refractivity contribution in [3.63, 3.8) is 0 Å². The predicted molar refractivity (Wildman–Crippen MR) is 113 cm³/mol. The zero-order valence-electron chi connectivity index (χ0n) is 16.2. The van der Waals surface area contributed by atoms with Crippen molar-refractivity contribution < 1.29 is 9.53 Å². The van der Waals surface area contributed by atoms with E-state index in [0.29, 0.717) is 0 Å². The van der Waals surface area contributed by atoms with Gasteiger partial charge in [0.15, 0.2) is 5.13 Å². The van der Waals surface area contributed by atoms with E-state index in [4.69, 9.17) is 9.72 Å². The quantitative estimate of drug-likeness (QED) is 0.685. The summed E-state index contributed by atoms with van der Waals surface area (Å²) in [4.78, 5) is 19.3. The number of hydrogen-bond acceptors (Lipinski definition) is 6. The van der Waals surface area contributed by atoms with Gasteiger partial charge in [-0.15, -0.1) is 0 Å². The van der Waals surface area contributed by atoms with E-state index in [2.05, 4.69) is 15.3 Å². The van der Waals surface area contributed by atoms with Crippen molar-refractivity contribution in [3.05, 3.63) is 41.2 Å². The SMILES string of the molecule is Cc1nn(C)c(C)c1/C=C/C(=O)Nc1ccc2nc(N3CCOCC3)sc2c1. The lowest BCUT2D eigenvalue weighted by Crippen LogP contribution is -2.36. The molecule has 1 fully saturated rings. The van der Waals surface area contributed by atoms with Gasteiger partial charge in [0.25, 0.3) is 0 Å². The molecule has 3 aromatic rings. The van der Waals surface area contributed by atoms with Gasteiger partial charge in [0.05, 0.1) is 29.1 Å². The molecule has 7 nitrogen and oxygen atoms in total. The number of amides is 1. The minimum atomic E-state index is -0.167. The summed E-state index contributed by atoms with van der Waals surface area (Å²) >= 11 is 1.64. The molecule has 1 aromatic carbocycles. The Morgan fingerprint density at radius 3 is 2.79 bits per heavy atom. The molecule has 146 valence electrons. The number of hydrogen-bond donors (Lipinski definition) is 1. The van der Waals surface area contributed by atoms with Crippen molar-refractivity contribution in [1.29, 1.82) is 0 Å². The first-order valence-corrected chi connectivity index (χ1v) is 10.1. The molecule has 0 atom stereocenters. The smallest absolute Gasteiger partial charge is 0.248 e. The van der Waals surface area contributed by atoms with Gasteiger partial charge < -0.3 is 15.0 Å². The van der Waals surface area contributed by atoms with Crippen LogP contribution >= 0.6 is 11.3 Å². The van der Waals surface area contributed by atoms with Crippen LogP contribution in [0.5, 0.6) is 0 Å². The minimum Gasteiger partial charge on any atom is -0.378 e. The molecule has 0 spiro atoms. The minimum absolute atomic E-state index is 0.167. The second-order valence-electron chi connectivity index (χ2n) is 6.81. The largest absolute Gasteiger partial charge is 0.378 e. The van der Waals surface area contributed by atoms with Gasteiger partial charge in [0, 0.05) is 43.2 Å². The molecule has 0 saturated carbocycles. The molecule has 4 rings (SSSR count). The monoisotopic (exact) mass is 397 g/mol. The molecule has 1 N–H and O–H groups in total. The van der Waals surface area contributed by atoms with Gasteiger partial charge >= 0.3 is 0 Å². The number of rotatable bonds is 4. The molecule has 0 radical (unpaired) electrons. The van der Waals surface area contributed by atoms with Gasteiger partial charge in [-0.2, -0.15) is 5.10 Å². The van der Waals surface area contributed by atoms with Crippen LogP contribution in [0.2, 0.25) is 0 Å². The molecule has 1 saturated heterocycles. The Hall–Kier alpha value is -2.71. The first-order chi connectivity index (χ1) is 13.5. The summed E-state index contributed by atoms with van der Waals surface area (Å²) in [5.41, 5.74) is 4.63. The molecule has 1 aliphatic rings. The number of aromatic nitrogens is 3. The van der Waals surface area contributed by atoms with Gasteiger partial charge in [-0.25, -0.2) is 4.98 Å². The maximum Gasteiger partial charge on any atom is 0.248 e. The lowest BCUT2D eigenvalue weighted by atomic mass is 10.2. The third-order valence-electron chi connectivity index (χ3n) is 4.89. The van der Waals surface area contributed by atoms with Crippen LogP contribution in [-0.2, 0) is 16.6 Å². The normalized spacial score (nSPS) is 14.9.